The molecular formula is C23H29N3O9. The molecule has 0 aromatic heterocycles. The summed E-state index contributed by atoms with van der Waals surface area (Å²) >= 11 is 0. The van der Waals surface area contributed by atoms with Crippen LogP contribution in [0, 0.1) is 16.0 Å². The van der Waals surface area contributed by atoms with Gasteiger partial charge in [0.1, 0.15) is 19.1 Å². The summed E-state index contributed by atoms with van der Waals surface area (Å²) in [5.74, 6) is -3.64. The number of hydrogen-bond acceptors (Lipinski definition) is 10. The molecule has 12 heteroatoms. The van der Waals surface area contributed by atoms with E-state index in [2.05, 4.69) is 4.99 Å². The molecule has 1 aliphatic heterocycles. The third kappa shape index (κ3) is 7.34. The van der Waals surface area contributed by atoms with Gasteiger partial charge >= 0.3 is 18.0 Å². The van der Waals surface area contributed by atoms with Crippen LogP contribution in [-0.2, 0) is 28.5 Å². The van der Waals surface area contributed by atoms with Gasteiger partial charge in [-0.15, -0.1) is 0 Å². The maximum absolute atomic E-state index is 13.3. The third-order valence-corrected chi connectivity index (χ3v) is 5.08. The summed E-state index contributed by atoms with van der Waals surface area (Å²) in [4.78, 5) is 52.6. The first kappa shape index (κ1) is 27.4. The topological polar surface area (TPSA) is 170 Å². The minimum Gasteiger partial charge on any atom is -0.465 e. The van der Waals surface area contributed by atoms with Crippen molar-refractivity contribution in [3.63, 3.8) is 0 Å². The molecule has 0 saturated carbocycles. The number of nitro benzene ring substituents is 1. The van der Waals surface area contributed by atoms with Gasteiger partial charge in [-0.05, 0) is 25.8 Å². The number of amides is 1. The number of ether oxygens (including phenoxy) is 4. The van der Waals surface area contributed by atoms with Crippen LogP contribution in [0.2, 0.25) is 0 Å². The van der Waals surface area contributed by atoms with Gasteiger partial charge in [-0.1, -0.05) is 19.1 Å². The number of nitrogens with two attached hydrogens (primary N) is 1. The lowest BCUT2D eigenvalue weighted by molar-refractivity contribution is -0.384. The molecule has 2 atom stereocenters. The van der Waals surface area contributed by atoms with E-state index in [0.29, 0.717) is 6.61 Å². The fraction of sp³-hybridized carbons (Fsp3) is 0.478. The second-order valence-electron chi connectivity index (χ2n) is 7.53. The molecule has 1 amide bonds. The average Bonchev–Trinajstić information content (AvgIpc) is 2.82. The molecule has 0 bridgehead atoms. The molecule has 2 N–H and O–H groups in total. The molecule has 0 aliphatic carbocycles. The molecule has 1 aromatic rings. The summed E-state index contributed by atoms with van der Waals surface area (Å²) in [5.41, 5.74) is 5.34. The van der Waals surface area contributed by atoms with Gasteiger partial charge in [0.25, 0.3) is 5.69 Å². The predicted octanol–water partition coefficient (Wildman–Crippen LogP) is 2.65. The average molecular weight is 491 g/mol. The number of esters is 2. The van der Waals surface area contributed by atoms with Gasteiger partial charge in [-0.25, -0.2) is 9.59 Å². The van der Waals surface area contributed by atoms with Crippen LogP contribution >= 0.6 is 0 Å². The maximum Gasteiger partial charge on any atom is 0.404 e. The Labute approximate surface area is 202 Å². The van der Waals surface area contributed by atoms with Crippen molar-refractivity contribution in [2.24, 2.45) is 16.6 Å². The SMILES string of the molecule is CCCOCCOC(=O)C1=C(COC(N)=O)N=C(C)C(C(=O)OCC)C1c1cccc([N+](=O)[O-])c1. The number of aliphatic imine (C=N–C) groups is 1. The number of rotatable bonds is 12. The Morgan fingerprint density at radius 2 is 1.86 bits per heavy atom. The van der Waals surface area contributed by atoms with Gasteiger partial charge in [-0.2, -0.15) is 0 Å². The van der Waals surface area contributed by atoms with Crippen molar-refractivity contribution >= 4 is 29.4 Å². The number of benzene rings is 1. The largest absolute Gasteiger partial charge is 0.465 e. The summed E-state index contributed by atoms with van der Waals surface area (Å²) < 4.78 is 20.8. The Hall–Kier alpha value is -3.80. The van der Waals surface area contributed by atoms with Crippen molar-refractivity contribution in [1.82, 2.24) is 0 Å². The molecule has 0 radical (unpaired) electrons. The van der Waals surface area contributed by atoms with Crippen LogP contribution in [-0.4, -0.2) is 61.7 Å². The highest BCUT2D eigenvalue weighted by Gasteiger charge is 2.43. The summed E-state index contributed by atoms with van der Waals surface area (Å²) in [6.45, 7) is 5.27. The van der Waals surface area contributed by atoms with Crippen molar-refractivity contribution < 1.29 is 38.3 Å². The summed E-state index contributed by atoms with van der Waals surface area (Å²) in [6, 6.07) is 5.54. The minimum atomic E-state index is -1.09. The monoisotopic (exact) mass is 491 g/mol. The Morgan fingerprint density at radius 1 is 1.11 bits per heavy atom. The Kier molecular flexibility index (Phi) is 10.3. The molecule has 0 saturated heterocycles. The van der Waals surface area contributed by atoms with Crippen molar-refractivity contribution in [2.75, 3.05) is 33.0 Å². The first-order chi connectivity index (χ1) is 16.7. The van der Waals surface area contributed by atoms with E-state index < -0.39 is 41.4 Å². The number of hydrogen-bond donors (Lipinski definition) is 1. The second kappa shape index (κ2) is 13.2. The van der Waals surface area contributed by atoms with Crippen molar-refractivity contribution in [1.29, 1.82) is 0 Å². The molecule has 0 fully saturated rings. The molecule has 1 aromatic carbocycles. The number of carbonyl (C=O) groups excluding carboxylic acids is 3. The van der Waals surface area contributed by atoms with Crippen LogP contribution in [0.1, 0.15) is 38.7 Å². The first-order valence-electron chi connectivity index (χ1n) is 11.1. The fourth-order valence-electron chi connectivity index (χ4n) is 3.67. The summed E-state index contributed by atoms with van der Waals surface area (Å²) in [7, 11) is 0. The van der Waals surface area contributed by atoms with Crippen LogP contribution in [0.15, 0.2) is 40.5 Å². The summed E-state index contributed by atoms with van der Waals surface area (Å²) in [5, 5.41) is 11.4. The molecule has 190 valence electrons. The molecule has 0 spiro atoms. The Bertz CT molecular complexity index is 1020. The quantitative estimate of drug-likeness (QED) is 0.152. The smallest absolute Gasteiger partial charge is 0.404 e. The predicted molar refractivity (Wildman–Crippen MR) is 124 cm³/mol. The molecule has 2 unspecified atom stereocenters. The highest BCUT2D eigenvalue weighted by Crippen LogP contribution is 2.41. The molecule has 35 heavy (non-hydrogen) atoms. The van der Waals surface area contributed by atoms with E-state index in [0.717, 1.165) is 6.42 Å². The zero-order chi connectivity index (χ0) is 26.0. The van der Waals surface area contributed by atoms with Gasteiger partial charge in [0.2, 0.25) is 0 Å². The van der Waals surface area contributed by atoms with Crippen LogP contribution in [0.3, 0.4) is 0 Å². The normalized spacial score (nSPS) is 17.4. The molecule has 2 rings (SSSR count). The van der Waals surface area contributed by atoms with E-state index in [4.69, 9.17) is 24.7 Å². The highest BCUT2D eigenvalue weighted by atomic mass is 16.6. The van der Waals surface area contributed by atoms with Crippen LogP contribution in [0.25, 0.3) is 0 Å². The Morgan fingerprint density at radius 3 is 2.49 bits per heavy atom. The molecule has 1 aliphatic rings. The van der Waals surface area contributed by atoms with Gasteiger partial charge in [-0.3, -0.25) is 19.9 Å². The number of nitrogens with zero attached hydrogens (tertiary/aromatic N) is 2. The van der Waals surface area contributed by atoms with Crippen molar-refractivity contribution in [2.45, 2.75) is 33.1 Å². The van der Waals surface area contributed by atoms with E-state index in [-0.39, 0.29) is 48.1 Å². The zero-order valence-electron chi connectivity index (χ0n) is 19.9. The lowest BCUT2D eigenvalue weighted by Crippen LogP contribution is -2.37. The molecular weight excluding hydrogens is 462 g/mol. The maximum atomic E-state index is 13.3. The van der Waals surface area contributed by atoms with E-state index >= 15 is 0 Å². The lowest BCUT2D eigenvalue weighted by atomic mass is 9.75. The lowest BCUT2D eigenvalue weighted by Gasteiger charge is -2.32. The van der Waals surface area contributed by atoms with Gasteiger partial charge in [0.05, 0.1) is 29.4 Å². The summed E-state index contributed by atoms with van der Waals surface area (Å²) in [6.07, 6.45) is -0.303. The molecule has 1 heterocycles. The Balaban J connectivity index is 2.61. The van der Waals surface area contributed by atoms with Crippen molar-refractivity contribution in [3.05, 3.63) is 51.2 Å². The van der Waals surface area contributed by atoms with Gasteiger partial charge in [0, 0.05) is 30.4 Å². The highest BCUT2D eigenvalue weighted by molar-refractivity contribution is 6.07. The zero-order valence-corrected chi connectivity index (χ0v) is 19.9. The standard InChI is InChI=1S/C23H29N3O9/c1-4-9-32-10-11-34-22(28)20-17(13-35-23(24)29)25-14(3)18(21(27)33-5-2)19(20)15-7-6-8-16(12-15)26(30)31/h6-8,12,18-19H,4-5,9-11,13H2,1-3H3,(H2,24,29). The first-order valence-corrected chi connectivity index (χ1v) is 11.1. The van der Waals surface area contributed by atoms with E-state index in [1.54, 1.807) is 19.9 Å². The second-order valence-corrected chi connectivity index (χ2v) is 7.53. The van der Waals surface area contributed by atoms with E-state index in [1.807, 2.05) is 6.92 Å². The van der Waals surface area contributed by atoms with Crippen molar-refractivity contribution in [3.8, 4) is 0 Å². The van der Waals surface area contributed by atoms with E-state index in [1.165, 1.54) is 18.2 Å². The van der Waals surface area contributed by atoms with Crippen LogP contribution in [0.4, 0.5) is 10.5 Å². The van der Waals surface area contributed by atoms with Gasteiger partial charge in [0.15, 0.2) is 0 Å². The van der Waals surface area contributed by atoms with Gasteiger partial charge < -0.3 is 24.7 Å². The number of carbonyl (C=O) groups is 3. The number of non-ortho nitro benzene ring substituents is 1. The van der Waals surface area contributed by atoms with Crippen LogP contribution in [0.5, 0.6) is 0 Å². The minimum absolute atomic E-state index is 0.0119. The number of primary amides is 1. The molecule has 12 nitrogen and oxygen atoms in total. The van der Waals surface area contributed by atoms with Crippen LogP contribution < -0.4 is 5.73 Å². The third-order valence-electron chi connectivity index (χ3n) is 5.08. The fourth-order valence-corrected chi connectivity index (χ4v) is 3.67. The number of nitro groups is 1. The van der Waals surface area contributed by atoms with E-state index in [9.17, 15) is 24.5 Å².